The number of benzene rings is 1. The largest absolute Gasteiger partial charge is 0.416 e. The zero-order valence-electron chi connectivity index (χ0n) is 17.8. The highest BCUT2D eigenvalue weighted by molar-refractivity contribution is 6.19. The Bertz CT molecular complexity index is 983. The van der Waals surface area contributed by atoms with E-state index in [1.165, 1.54) is 12.1 Å². The SMILES string of the molecule is C#C.C/C=C(\C/C(F)=C(\C)CCl)C1N=C2C=CN(Cc3ccc(C(F)(F)F)cc3)C=C2N1. The van der Waals surface area contributed by atoms with Crippen LogP contribution < -0.4 is 5.32 Å². The maximum absolute atomic E-state index is 14.2. The van der Waals surface area contributed by atoms with E-state index in [0.717, 1.165) is 34.7 Å². The maximum atomic E-state index is 14.2. The van der Waals surface area contributed by atoms with E-state index in [2.05, 4.69) is 23.2 Å². The monoisotopic (exact) mass is 465 g/mol. The molecule has 0 amide bonds. The molecule has 0 saturated carbocycles. The molecule has 0 radical (unpaired) electrons. The fraction of sp³-hybridized carbons (Fsp3) is 0.292. The number of halogens is 5. The van der Waals surface area contributed by atoms with Gasteiger partial charge in [0.05, 0.1) is 17.0 Å². The number of alkyl halides is 4. The highest BCUT2D eigenvalue weighted by atomic mass is 35.5. The Balaban J connectivity index is 0.00000176. The summed E-state index contributed by atoms with van der Waals surface area (Å²) in [6.45, 7) is 3.91. The van der Waals surface area contributed by atoms with Gasteiger partial charge in [-0.25, -0.2) is 4.39 Å². The average molecular weight is 466 g/mol. The third kappa shape index (κ3) is 6.27. The van der Waals surface area contributed by atoms with Gasteiger partial charge in [0.25, 0.3) is 0 Å². The first-order valence-corrected chi connectivity index (χ1v) is 10.3. The van der Waals surface area contributed by atoms with Gasteiger partial charge in [-0.15, -0.1) is 24.4 Å². The summed E-state index contributed by atoms with van der Waals surface area (Å²) in [7, 11) is 0. The minimum absolute atomic E-state index is 0.135. The summed E-state index contributed by atoms with van der Waals surface area (Å²) in [5.74, 6) is -0.120. The summed E-state index contributed by atoms with van der Waals surface area (Å²) in [5.41, 5.74) is 2.91. The van der Waals surface area contributed by atoms with Crippen LogP contribution in [-0.4, -0.2) is 22.7 Å². The fourth-order valence-corrected chi connectivity index (χ4v) is 3.26. The minimum Gasteiger partial charge on any atom is -0.357 e. The van der Waals surface area contributed by atoms with Crippen molar-refractivity contribution in [1.82, 2.24) is 10.2 Å². The van der Waals surface area contributed by atoms with Crippen molar-refractivity contribution in [3.05, 3.63) is 82.6 Å². The van der Waals surface area contributed by atoms with E-state index < -0.39 is 11.7 Å². The van der Waals surface area contributed by atoms with Crippen LogP contribution in [-0.2, 0) is 12.7 Å². The van der Waals surface area contributed by atoms with E-state index in [0.29, 0.717) is 12.1 Å². The summed E-state index contributed by atoms with van der Waals surface area (Å²) in [6, 6.07) is 5.10. The molecule has 2 aliphatic rings. The summed E-state index contributed by atoms with van der Waals surface area (Å²) in [6.07, 6.45) is 10.7. The summed E-state index contributed by atoms with van der Waals surface area (Å²) in [4.78, 5) is 6.47. The molecule has 1 N–H and O–H groups in total. The van der Waals surface area contributed by atoms with E-state index in [4.69, 9.17) is 11.6 Å². The molecular formula is C24H24ClF4N3. The molecule has 0 aromatic heterocycles. The number of rotatable bonds is 6. The highest BCUT2D eigenvalue weighted by Gasteiger charge is 2.30. The first-order valence-electron chi connectivity index (χ1n) is 9.76. The molecule has 0 saturated heterocycles. The molecule has 170 valence electrons. The van der Waals surface area contributed by atoms with Gasteiger partial charge >= 0.3 is 6.18 Å². The molecule has 8 heteroatoms. The number of allylic oxidation sites excluding steroid dienone is 4. The molecule has 3 nitrogen and oxygen atoms in total. The van der Waals surface area contributed by atoms with Gasteiger partial charge in [-0.3, -0.25) is 4.99 Å². The lowest BCUT2D eigenvalue weighted by Gasteiger charge is -2.21. The lowest BCUT2D eigenvalue weighted by atomic mass is 10.1. The number of terminal acetylenes is 1. The predicted octanol–water partition coefficient (Wildman–Crippen LogP) is 6.31. The zero-order valence-corrected chi connectivity index (χ0v) is 18.5. The average Bonchev–Trinajstić information content (AvgIpc) is 3.21. The van der Waals surface area contributed by atoms with Gasteiger partial charge in [0, 0.05) is 31.2 Å². The van der Waals surface area contributed by atoms with Crippen molar-refractivity contribution in [1.29, 1.82) is 0 Å². The zero-order chi connectivity index (χ0) is 23.9. The van der Waals surface area contributed by atoms with E-state index in [9.17, 15) is 17.6 Å². The molecule has 3 rings (SSSR count). The molecule has 2 heterocycles. The van der Waals surface area contributed by atoms with Crippen LogP contribution in [0.5, 0.6) is 0 Å². The molecule has 0 spiro atoms. The molecule has 2 aliphatic heterocycles. The normalized spacial score (nSPS) is 18.6. The van der Waals surface area contributed by atoms with Crippen molar-refractivity contribution in [3.8, 4) is 12.8 Å². The standard InChI is InChI=1S/C22H22ClF4N3.C2H2/c1-3-16(10-18(24)14(2)11-23)21-28-19-8-9-30(13-20(19)29-21)12-15-4-6-17(7-5-15)22(25,26)27;1-2/h3-9,13,21,29H,10-12H2,1-2H3;1-2H/b16-3+,18-14-;. The van der Waals surface area contributed by atoms with Gasteiger partial charge in [0.1, 0.15) is 12.0 Å². The quantitative estimate of drug-likeness (QED) is 0.230. The Morgan fingerprint density at radius 3 is 2.47 bits per heavy atom. The van der Waals surface area contributed by atoms with Crippen LogP contribution in [0.3, 0.4) is 0 Å². The van der Waals surface area contributed by atoms with Gasteiger partial charge in [-0.2, -0.15) is 13.2 Å². The first-order chi connectivity index (χ1) is 15.2. The highest BCUT2D eigenvalue weighted by Crippen LogP contribution is 2.30. The first kappa shape index (κ1) is 25.3. The maximum Gasteiger partial charge on any atom is 0.416 e. The summed E-state index contributed by atoms with van der Waals surface area (Å²) in [5, 5.41) is 3.28. The molecular weight excluding hydrogens is 442 g/mol. The van der Waals surface area contributed by atoms with E-state index in [1.54, 1.807) is 6.92 Å². The number of nitrogens with one attached hydrogen (secondary N) is 1. The summed E-state index contributed by atoms with van der Waals surface area (Å²) >= 11 is 5.71. The molecule has 0 bridgehead atoms. The van der Waals surface area contributed by atoms with Crippen molar-refractivity contribution in [2.24, 2.45) is 4.99 Å². The van der Waals surface area contributed by atoms with Crippen LogP contribution >= 0.6 is 11.6 Å². The third-order valence-electron chi connectivity index (χ3n) is 4.95. The van der Waals surface area contributed by atoms with Crippen LogP contribution in [0, 0.1) is 12.8 Å². The van der Waals surface area contributed by atoms with Gasteiger partial charge in [-0.05, 0) is 48.8 Å². The minimum atomic E-state index is -4.35. The van der Waals surface area contributed by atoms with Crippen molar-refractivity contribution in [2.45, 2.75) is 39.2 Å². The predicted molar refractivity (Wildman–Crippen MR) is 121 cm³/mol. The van der Waals surface area contributed by atoms with Gasteiger partial charge in [-0.1, -0.05) is 18.2 Å². The topological polar surface area (TPSA) is 27.6 Å². The molecule has 32 heavy (non-hydrogen) atoms. The van der Waals surface area contributed by atoms with Crippen LogP contribution in [0.15, 0.2) is 76.5 Å². The van der Waals surface area contributed by atoms with E-state index in [-0.39, 0.29) is 24.3 Å². The van der Waals surface area contributed by atoms with E-state index in [1.807, 2.05) is 36.4 Å². The molecule has 1 unspecified atom stereocenters. The fourth-order valence-electron chi connectivity index (χ4n) is 3.12. The molecule has 0 aliphatic carbocycles. The Morgan fingerprint density at radius 1 is 1.25 bits per heavy atom. The van der Waals surface area contributed by atoms with Gasteiger partial charge in [0.2, 0.25) is 0 Å². The molecule has 1 aromatic rings. The Labute approximate surface area is 190 Å². The smallest absolute Gasteiger partial charge is 0.357 e. The number of hydrogen-bond donors (Lipinski definition) is 1. The second-order valence-electron chi connectivity index (χ2n) is 7.15. The Morgan fingerprint density at radius 2 is 1.91 bits per heavy atom. The number of nitrogens with zero attached hydrogens (tertiary/aromatic N) is 2. The second-order valence-corrected chi connectivity index (χ2v) is 7.41. The van der Waals surface area contributed by atoms with Crippen LogP contribution in [0.4, 0.5) is 17.6 Å². The van der Waals surface area contributed by atoms with Gasteiger partial charge < -0.3 is 10.2 Å². The van der Waals surface area contributed by atoms with Crippen molar-refractivity contribution in [3.63, 3.8) is 0 Å². The second kappa shape index (κ2) is 11.1. The van der Waals surface area contributed by atoms with E-state index >= 15 is 0 Å². The Hall–Kier alpha value is -2.98. The third-order valence-corrected chi connectivity index (χ3v) is 5.35. The Kier molecular flexibility index (Phi) is 8.73. The van der Waals surface area contributed by atoms with Crippen molar-refractivity contribution in [2.75, 3.05) is 5.88 Å². The van der Waals surface area contributed by atoms with Crippen LogP contribution in [0.2, 0.25) is 0 Å². The van der Waals surface area contributed by atoms with Crippen LogP contribution in [0.25, 0.3) is 0 Å². The number of hydrogen-bond acceptors (Lipinski definition) is 3. The molecule has 0 fully saturated rings. The van der Waals surface area contributed by atoms with Crippen molar-refractivity contribution < 1.29 is 17.6 Å². The van der Waals surface area contributed by atoms with Crippen molar-refractivity contribution >= 4 is 17.3 Å². The number of aliphatic imine (C=N–C) groups is 1. The van der Waals surface area contributed by atoms with Crippen LogP contribution in [0.1, 0.15) is 31.4 Å². The number of fused-ring (bicyclic) bond motifs is 1. The lowest BCUT2D eigenvalue weighted by Crippen LogP contribution is -2.26. The lowest BCUT2D eigenvalue weighted by molar-refractivity contribution is -0.137. The molecule has 1 atom stereocenters. The van der Waals surface area contributed by atoms with Gasteiger partial charge in [0.15, 0.2) is 0 Å². The summed E-state index contributed by atoms with van der Waals surface area (Å²) < 4.78 is 52.4. The molecule has 1 aromatic carbocycles.